The SMILES string of the molecule is Cc1ccc(C(=O)NNC(=O)CSc2nnc(-c3ccc(Cl)cc3)n2C)cc1. The molecule has 0 bridgehead atoms. The van der Waals surface area contributed by atoms with Crippen LogP contribution in [0.4, 0.5) is 0 Å². The predicted molar refractivity (Wildman–Crippen MR) is 109 cm³/mol. The zero-order valence-electron chi connectivity index (χ0n) is 15.3. The van der Waals surface area contributed by atoms with Gasteiger partial charge in [0.25, 0.3) is 5.91 Å². The van der Waals surface area contributed by atoms with Crippen molar-refractivity contribution in [2.45, 2.75) is 12.1 Å². The first kappa shape index (κ1) is 19.9. The van der Waals surface area contributed by atoms with Gasteiger partial charge in [-0.3, -0.25) is 20.4 Å². The van der Waals surface area contributed by atoms with Crippen molar-refractivity contribution >= 4 is 35.2 Å². The number of rotatable bonds is 5. The summed E-state index contributed by atoms with van der Waals surface area (Å²) in [4.78, 5) is 24.0. The molecule has 0 fully saturated rings. The second-order valence-electron chi connectivity index (χ2n) is 6.03. The smallest absolute Gasteiger partial charge is 0.269 e. The summed E-state index contributed by atoms with van der Waals surface area (Å²) in [6.07, 6.45) is 0. The van der Waals surface area contributed by atoms with Crippen LogP contribution >= 0.6 is 23.4 Å². The summed E-state index contributed by atoms with van der Waals surface area (Å²) < 4.78 is 1.80. The Hall–Kier alpha value is -2.84. The summed E-state index contributed by atoms with van der Waals surface area (Å²) in [6.45, 7) is 1.94. The second-order valence-corrected chi connectivity index (χ2v) is 7.41. The van der Waals surface area contributed by atoms with Crippen LogP contribution in [0.5, 0.6) is 0 Å². The van der Waals surface area contributed by atoms with Gasteiger partial charge in [-0.25, -0.2) is 0 Å². The van der Waals surface area contributed by atoms with Gasteiger partial charge in [0, 0.05) is 23.2 Å². The lowest BCUT2D eigenvalue weighted by molar-refractivity contribution is -0.119. The highest BCUT2D eigenvalue weighted by Gasteiger charge is 2.13. The third-order valence-corrected chi connectivity index (χ3v) is 5.17. The Kier molecular flexibility index (Phi) is 6.33. The van der Waals surface area contributed by atoms with E-state index in [1.54, 1.807) is 28.8 Å². The number of thioether (sulfide) groups is 1. The van der Waals surface area contributed by atoms with E-state index in [0.29, 0.717) is 21.6 Å². The lowest BCUT2D eigenvalue weighted by atomic mass is 10.1. The van der Waals surface area contributed by atoms with Gasteiger partial charge in [-0.15, -0.1) is 10.2 Å². The Balaban J connectivity index is 1.53. The number of aromatic nitrogens is 3. The van der Waals surface area contributed by atoms with Crippen molar-refractivity contribution in [3.63, 3.8) is 0 Å². The number of nitrogens with zero attached hydrogens (tertiary/aromatic N) is 3. The molecule has 1 aromatic heterocycles. The van der Waals surface area contributed by atoms with Crippen LogP contribution in [0.3, 0.4) is 0 Å². The zero-order valence-corrected chi connectivity index (χ0v) is 16.8. The number of benzene rings is 2. The molecule has 3 rings (SSSR count). The van der Waals surface area contributed by atoms with Crippen molar-refractivity contribution in [1.29, 1.82) is 0 Å². The number of hydrogen-bond donors (Lipinski definition) is 2. The minimum Gasteiger partial charge on any atom is -0.305 e. The molecule has 0 aliphatic rings. The number of carbonyl (C=O) groups is 2. The van der Waals surface area contributed by atoms with Crippen LogP contribution in [0.25, 0.3) is 11.4 Å². The van der Waals surface area contributed by atoms with Crippen LogP contribution in [0.15, 0.2) is 53.7 Å². The normalized spacial score (nSPS) is 10.5. The van der Waals surface area contributed by atoms with E-state index >= 15 is 0 Å². The molecule has 0 unspecified atom stereocenters. The fourth-order valence-electron chi connectivity index (χ4n) is 2.36. The topological polar surface area (TPSA) is 88.9 Å². The van der Waals surface area contributed by atoms with E-state index in [1.165, 1.54) is 11.8 Å². The molecule has 3 aromatic rings. The van der Waals surface area contributed by atoms with Crippen LogP contribution in [0, 0.1) is 6.92 Å². The van der Waals surface area contributed by atoms with Crippen LogP contribution in [0.2, 0.25) is 5.02 Å². The van der Waals surface area contributed by atoms with Crippen LogP contribution in [-0.2, 0) is 11.8 Å². The predicted octanol–water partition coefficient (Wildman–Crippen LogP) is 3.00. The van der Waals surface area contributed by atoms with Gasteiger partial charge in [0.2, 0.25) is 5.91 Å². The third-order valence-electron chi connectivity index (χ3n) is 3.90. The highest BCUT2D eigenvalue weighted by atomic mass is 35.5. The Morgan fingerprint density at radius 3 is 2.39 bits per heavy atom. The molecule has 1 heterocycles. The molecule has 0 aliphatic heterocycles. The van der Waals surface area contributed by atoms with Crippen molar-refractivity contribution < 1.29 is 9.59 Å². The van der Waals surface area contributed by atoms with Crippen LogP contribution in [0.1, 0.15) is 15.9 Å². The lowest BCUT2D eigenvalue weighted by Crippen LogP contribution is -2.42. The van der Waals surface area contributed by atoms with Crippen molar-refractivity contribution in [3.05, 3.63) is 64.7 Å². The fourth-order valence-corrected chi connectivity index (χ4v) is 3.20. The van der Waals surface area contributed by atoms with Gasteiger partial charge in [0.05, 0.1) is 5.75 Å². The molecule has 9 heteroatoms. The van der Waals surface area contributed by atoms with Gasteiger partial charge >= 0.3 is 0 Å². The largest absolute Gasteiger partial charge is 0.305 e. The fraction of sp³-hybridized carbons (Fsp3) is 0.158. The molecule has 0 spiro atoms. The number of carbonyl (C=O) groups excluding carboxylic acids is 2. The van der Waals surface area contributed by atoms with Crippen LogP contribution in [-0.4, -0.2) is 32.3 Å². The lowest BCUT2D eigenvalue weighted by Gasteiger charge is -2.07. The molecule has 7 nitrogen and oxygen atoms in total. The van der Waals surface area contributed by atoms with Gasteiger partial charge < -0.3 is 4.57 Å². The number of hydrazine groups is 1. The van der Waals surface area contributed by atoms with Crippen molar-refractivity contribution in [1.82, 2.24) is 25.6 Å². The Bertz CT molecular complexity index is 987. The number of halogens is 1. The molecule has 0 saturated heterocycles. The maximum atomic E-state index is 12.0. The third kappa shape index (κ3) is 4.90. The highest BCUT2D eigenvalue weighted by Crippen LogP contribution is 2.23. The van der Waals surface area contributed by atoms with Crippen molar-refractivity contribution in [2.24, 2.45) is 7.05 Å². The molecular weight excluding hydrogens is 398 g/mol. The molecule has 28 heavy (non-hydrogen) atoms. The molecule has 0 saturated carbocycles. The maximum absolute atomic E-state index is 12.0. The summed E-state index contributed by atoms with van der Waals surface area (Å²) in [6, 6.07) is 14.3. The number of aryl methyl sites for hydroxylation is 1. The summed E-state index contributed by atoms with van der Waals surface area (Å²) >= 11 is 7.13. The number of nitrogens with one attached hydrogen (secondary N) is 2. The van der Waals surface area contributed by atoms with Gasteiger partial charge in [-0.2, -0.15) is 0 Å². The summed E-state index contributed by atoms with van der Waals surface area (Å²) in [7, 11) is 1.82. The Labute approximate surface area is 171 Å². The van der Waals surface area contributed by atoms with Gasteiger partial charge in [-0.05, 0) is 43.3 Å². The van der Waals surface area contributed by atoms with E-state index < -0.39 is 0 Å². The molecule has 2 aromatic carbocycles. The molecule has 2 amide bonds. The second kappa shape index (κ2) is 8.90. The molecule has 0 radical (unpaired) electrons. The first-order chi connectivity index (χ1) is 13.4. The minimum atomic E-state index is -0.373. The monoisotopic (exact) mass is 415 g/mol. The van der Waals surface area contributed by atoms with E-state index in [-0.39, 0.29) is 17.6 Å². The average Bonchev–Trinajstić information content (AvgIpc) is 3.06. The molecule has 0 aliphatic carbocycles. The Morgan fingerprint density at radius 1 is 1.04 bits per heavy atom. The van der Waals surface area contributed by atoms with Crippen LogP contribution < -0.4 is 10.9 Å². The Morgan fingerprint density at radius 2 is 1.71 bits per heavy atom. The summed E-state index contributed by atoms with van der Waals surface area (Å²) in [5.74, 6) is 0.0385. The number of hydrogen-bond acceptors (Lipinski definition) is 5. The highest BCUT2D eigenvalue weighted by molar-refractivity contribution is 7.99. The molecule has 2 N–H and O–H groups in total. The van der Waals surface area contributed by atoms with E-state index in [4.69, 9.17) is 11.6 Å². The number of amides is 2. The standard InChI is InChI=1S/C19H18ClN5O2S/c1-12-3-5-14(6-4-12)18(27)23-21-16(26)11-28-19-24-22-17(25(19)2)13-7-9-15(20)10-8-13/h3-10H,11H2,1-2H3,(H,21,26)(H,23,27). The summed E-state index contributed by atoms with van der Waals surface area (Å²) in [5, 5.41) is 9.51. The van der Waals surface area contributed by atoms with E-state index in [2.05, 4.69) is 21.0 Å². The first-order valence-electron chi connectivity index (χ1n) is 8.38. The van der Waals surface area contributed by atoms with Crippen molar-refractivity contribution in [3.8, 4) is 11.4 Å². The van der Waals surface area contributed by atoms with Crippen molar-refractivity contribution in [2.75, 3.05) is 5.75 Å². The minimum absolute atomic E-state index is 0.0841. The first-order valence-corrected chi connectivity index (χ1v) is 9.74. The zero-order chi connectivity index (χ0) is 20.1. The van der Waals surface area contributed by atoms with Gasteiger partial charge in [0.15, 0.2) is 11.0 Å². The van der Waals surface area contributed by atoms with E-state index in [1.807, 2.05) is 38.2 Å². The molecule has 0 atom stereocenters. The molecule has 144 valence electrons. The summed E-state index contributed by atoms with van der Waals surface area (Å²) in [5.41, 5.74) is 7.20. The quantitative estimate of drug-likeness (QED) is 0.494. The van der Waals surface area contributed by atoms with E-state index in [9.17, 15) is 9.59 Å². The van der Waals surface area contributed by atoms with Gasteiger partial charge in [-0.1, -0.05) is 41.1 Å². The van der Waals surface area contributed by atoms with Gasteiger partial charge in [0.1, 0.15) is 0 Å². The maximum Gasteiger partial charge on any atom is 0.269 e. The van der Waals surface area contributed by atoms with E-state index in [0.717, 1.165) is 11.1 Å². The molecular formula is C19H18ClN5O2S. The average molecular weight is 416 g/mol.